The van der Waals surface area contributed by atoms with E-state index in [0.29, 0.717) is 5.69 Å². The number of likely N-dealkylation sites (tertiary alicyclic amines) is 1. The Kier molecular flexibility index (Phi) is 5.16. The van der Waals surface area contributed by atoms with Gasteiger partial charge in [0.2, 0.25) is 10.0 Å². The van der Waals surface area contributed by atoms with Crippen molar-refractivity contribution in [3.05, 3.63) is 18.2 Å². The molecule has 1 aliphatic heterocycles. The molecule has 0 aliphatic carbocycles. The minimum atomic E-state index is -3.52. The van der Waals surface area contributed by atoms with Crippen LogP contribution in [-0.4, -0.2) is 51.7 Å². The van der Waals surface area contributed by atoms with E-state index >= 15 is 0 Å². The van der Waals surface area contributed by atoms with Crippen molar-refractivity contribution in [2.75, 3.05) is 36.5 Å². The van der Waals surface area contributed by atoms with Gasteiger partial charge >= 0.3 is 6.03 Å². The van der Waals surface area contributed by atoms with Crippen LogP contribution in [0.25, 0.3) is 0 Å². The molecule has 24 heavy (non-hydrogen) atoms. The van der Waals surface area contributed by atoms with Crippen LogP contribution in [0.1, 0.15) is 12.8 Å². The van der Waals surface area contributed by atoms with Crippen LogP contribution in [0.2, 0.25) is 0 Å². The SMILES string of the molecule is COc1ccc(NC(=O)N2CCC(F)(F)CC2)cc1NS(C)(=O)=O. The van der Waals surface area contributed by atoms with Crippen LogP contribution in [0.15, 0.2) is 18.2 Å². The number of carbonyl (C=O) groups is 1. The summed E-state index contributed by atoms with van der Waals surface area (Å²) in [6.45, 7) is -0.0765. The second kappa shape index (κ2) is 6.80. The molecule has 7 nitrogen and oxygen atoms in total. The minimum absolute atomic E-state index is 0.0383. The number of amides is 2. The lowest BCUT2D eigenvalue weighted by Gasteiger charge is -2.31. The fourth-order valence-corrected chi connectivity index (χ4v) is 2.86. The molecule has 2 N–H and O–H groups in total. The summed E-state index contributed by atoms with van der Waals surface area (Å²) in [4.78, 5) is 13.4. The number of hydrogen-bond donors (Lipinski definition) is 2. The molecular formula is C14H19F2N3O4S. The van der Waals surface area contributed by atoms with Crippen molar-refractivity contribution in [3.63, 3.8) is 0 Å². The van der Waals surface area contributed by atoms with Gasteiger partial charge in [0.15, 0.2) is 0 Å². The summed E-state index contributed by atoms with van der Waals surface area (Å²) in [5, 5.41) is 2.57. The number of urea groups is 1. The van der Waals surface area contributed by atoms with E-state index in [4.69, 9.17) is 4.74 Å². The van der Waals surface area contributed by atoms with Gasteiger partial charge in [0.1, 0.15) is 5.75 Å². The molecule has 0 unspecified atom stereocenters. The van der Waals surface area contributed by atoms with Crippen molar-refractivity contribution in [1.82, 2.24) is 4.90 Å². The summed E-state index contributed by atoms with van der Waals surface area (Å²) in [7, 11) is -2.14. The van der Waals surface area contributed by atoms with E-state index in [9.17, 15) is 22.0 Å². The Morgan fingerprint density at radius 3 is 2.46 bits per heavy atom. The molecule has 134 valence electrons. The normalized spacial score (nSPS) is 17.2. The average Bonchev–Trinajstić information content (AvgIpc) is 2.45. The molecule has 1 aliphatic rings. The number of sulfonamides is 1. The van der Waals surface area contributed by atoms with Gasteiger partial charge in [-0.3, -0.25) is 4.72 Å². The lowest BCUT2D eigenvalue weighted by molar-refractivity contribution is -0.0461. The minimum Gasteiger partial charge on any atom is -0.495 e. The van der Waals surface area contributed by atoms with Gasteiger partial charge in [-0.05, 0) is 18.2 Å². The zero-order chi connectivity index (χ0) is 18.0. The lowest BCUT2D eigenvalue weighted by Crippen LogP contribution is -2.44. The molecule has 2 amide bonds. The number of rotatable bonds is 4. The van der Waals surface area contributed by atoms with Crippen molar-refractivity contribution in [2.24, 2.45) is 0 Å². The molecule has 0 bridgehead atoms. The van der Waals surface area contributed by atoms with Gasteiger partial charge < -0.3 is 15.0 Å². The molecule has 1 aromatic carbocycles. The van der Waals surface area contributed by atoms with E-state index < -0.39 is 22.0 Å². The number of hydrogen-bond acceptors (Lipinski definition) is 4. The molecule has 1 saturated heterocycles. The zero-order valence-corrected chi connectivity index (χ0v) is 14.1. The summed E-state index contributed by atoms with van der Waals surface area (Å²) in [6, 6.07) is 3.91. The molecule has 0 atom stereocenters. The number of benzene rings is 1. The van der Waals surface area contributed by atoms with Gasteiger partial charge in [-0.1, -0.05) is 0 Å². The van der Waals surface area contributed by atoms with Gasteiger partial charge in [0.25, 0.3) is 5.92 Å². The Balaban J connectivity index is 2.09. The van der Waals surface area contributed by atoms with Gasteiger partial charge in [-0.2, -0.15) is 0 Å². The second-order valence-electron chi connectivity index (χ2n) is 5.56. The molecule has 10 heteroatoms. The molecule has 1 fully saturated rings. The Hall–Kier alpha value is -2.10. The maximum absolute atomic E-state index is 13.1. The third-order valence-corrected chi connectivity index (χ3v) is 4.12. The number of nitrogens with zero attached hydrogens (tertiary/aromatic N) is 1. The maximum Gasteiger partial charge on any atom is 0.321 e. The highest BCUT2D eigenvalue weighted by Gasteiger charge is 2.35. The number of anilines is 2. The molecule has 0 spiro atoms. The van der Waals surface area contributed by atoms with E-state index in [1.54, 1.807) is 0 Å². The first-order valence-electron chi connectivity index (χ1n) is 7.19. The fraction of sp³-hybridized carbons (Fsp3) is 0.500. The highest BCUT2D eigenvalue weighted by atomic mass is 32.2. The van der Waals surface area contributed by atoms with Gasteiger partial charge in [-0.15, -0.1) is 0 Å². The first-order valence-corrected chi connectivity index (χ1v) is 9.08. The van der Waals surface area contributed by atoms with Crippen LogP contribution < -0.4 is 14.8 Å². The Bertz CT molecular complexity index is 715. The number of methoxy groups -OCH3 is 1. The number of ether oxygens (including phenoxy) is 1. The van der Waals surface area contributed by atoms with E-state index in [2.05, 4.69) is 10.0 Å². The third-order valence-electron chi connectivity index (χ3n) is 3.53. The van der Waals surface area contributed by atoms with Crippen molar-refractivity contribution in [3.8, 4) is 5.75 Å². The van der Waals surface area contributed by atoms with Crippen molar-refractivity contribution in [2.45, 2.75) is 18.8 Å². The summed E-state index contributed by atoms with van der Waals surface area (Å²) < 4.78 is 56.3. The van der Waals surface area contributed by atoms with Crippen LogP contribution in [0.4, 0.5) is 25.0 Å². The van der Waals surface area contributed by atoms with E-state index in [1.807, 2.05) is 0 Å². The lowest BCUT2D eigenvalue weighted by atomic mass is 10.1. The van der Waals surface area contributed by atoms with Crippen LogP contribution >= 0.6 is 0 Å². The van der Waals surface area contributed by atoms with Gasteiger partial charge in [-0.25, -0.2) is 22.0 Å². The Morgan fingerprint density at radius 2 is 1.92 bits per heavy atom. The first-order chi connectivity index (χ1) is 11.1. The topological polar surface area (TPSA) is 87.7 Å². The van der Waals surface area contributed by atoms with Gasteiger partial charge in [0, 0.05) is 31.6 Å². The maximum atomic E-state index is 13.1. The predicted molar refractivity (Wildman–Crippen MR) is 86.2 cm³/mol. The highest BCUT2D eigenvalue weighted by Crippen LogP contribution is 2.30. The molecule has 2 rings (SSSR count). The summed E-state index contributed by atoms with van der Waals surface area (Å²) in [5.74, 6) is -2.44. The predicted octanol–water partition coefficient (Wildman–Crippen LogP) is 2.33. The largest absolute Gasteiger partial charge is 0.495 e. The molecule has 0 aromatic heterocycles. The van der Waals surface area contributed by atoms with E-state index in [0.717, 1.165) is 6.26 Å². The van der Waals surface area contributed by atoms with Crippen molar-refractivity contribution in [1.29, 1.82) is 0 Å². The van der Waals surface area contributed by atoms with Crippen LogP contribution in [-0.2, 0) is 10.0 Å². The zero-order valence-electron chi connectivity index (χ0n) is 13.3. The number of alkyl halides is 2. The summed E-state index contributed by atoms with van der Waals surface area (Å²) in [5.41, 5.74) is 0.493. The van der Waals surface area contributed by atoms with E-state index in [1.165, 1.54) is 30.2 Å². The molecule has 1 aromatic rings. The standard InChI is InChI=1S/C14H19F2N3O4S/c1-23-12-4-3-10(9-11(12)18-24(2,21)22)17-13(20)19-7-5-14(15,16)6-8-19/h3-4,9,18H,5-8H2,1-2H3,(H,17,20). The monoisotopic (exact) mass is 363 g/mol. The first kappa shape index (κ1) is 18.2. The number of halogens is 2. The number of nitrogens with one attached hydrogen (secondary N) is 2. The van der Waals surface area contributed by atoms with Crippen LogP contribution in [0, 0.1) is 0 Å². The van der Waals surface area contributed by atoms with Crippen LogP contribution in [0.3, 0.4) is 0 Å². The third kappa shape index (κ3) is 4.95. The molecular weight excluding hydrogens is 344 g/mol. The number of piperidine rings is 1. The number of carbonyl (C=O) groups excluding carboxylic acids is 1. The van der Waals surface area contributed by atoms with Crippen molar-refractivity contribution >= 4 is 27.4 Å². The quantitative estimate of drug-likeness (QED) is 0.859. The van der Waals surface area contributed by atoms with Crippen molar-refractivity contribution < 1.29 is 26.7 Å². The smallest absolute Gasteiger partial charge is 0.321 e. The highest BCUT2D eigenvalue weighted by molar-refractivity contribution is 7.92. The van der Waals surface area contributed by atoms with E-state index in [-0.39, 0.29) is 37.4 Å². The second-order valence-corrected chi connectivity index (χ2v) is 7.31. The van der Waals surface area contributed by atoms with Crippen LogP contribution in [0.5, 0.6) is 5.75 Å². The fourth-order valence-electron chi connectivity index (χ4n) is 2.30. The summed E-state index contributed by atoms with van der Waals surface area (Å²) in [6.07, 6.45) is 0.249. The summed E-state index contributed by atoms with van der Waals surface area (Å²) >= 11 is 0. The molecule has 0 saturated carbocycles. The average molecular weight is 363 g/mol. The Morgan fingerprint density at radius 1 is 1.29 bits per heavy atom. The molecule has 0 radical (unpaired) electrons. The van der Waals surface area contributed by atoms with Gasteiger partial charge in [0.05, 0.1) is 19.1 Å². The molecule has 1 heterocycles. The Labute approximate surface area is 139 Å².